The van der Waals surface area contributed by atoms with Crippen LogP contribution in [-0.2, 0) is 21.4 Å². The third-order valence-corrected chi connectivity index (χ3v) is 6.96. The number of carbonyl (C=O) groups is 2. The number of nitrogens with two attached hydrogens (primary N) is 1. The number of primary amides is 1. The predicted octanol–water partition coefficient (Wildman–Crippen LogP) is 3.92. The van der Waals surface area contributed by atoms with Crippen LogP contribution >= 0.6 is 23.2 Å². The Hall–Kier alpha value is -2.91. The Kier molecular flexibility index (Phi) is 7.52. The van der Waals surface area contributed by atoms with Crippen molar-refractivity contribution in [3.8, 4) is 0 Å². The Morgan fingerprint density at radius 3 is 2.12 bits per heavy atom. The normalized spacial score (nSPS) is 11.3. The van der Waals surface area contributed by atoms with Crippen molar-refractivity contribution in [2.45, 2.75) is 11.4 Å². The van der Waals surface area contributed by atoms with Gasteiger partial charge in [0.25, 0.3) is 0 Å². The van der Waals surface area contributed by atoms with Crippen LogP contribution in [0.15, 0.2) is 77.7 Å². The van der Waals surface area contributed by atoms with Gasteiger partial charge in [-0.25, -0.2) is 8.42 Å². The average Bonchev–Trinajstić information content (AvgIpc) is 2.75. The number of sulfonamides is 1. The van der Waals surface area contributed by atoms with E-state index in [1.165, 1.54) is 48.5 Å². The molecule has 0 bridgehead atoms. The maximum absolute atomic E-state index is 13.3. The van der Waals surface area contributed by atoms with Crippen LogP contribution in [0.4, 0.5) is 5.69 Å². The molecule has 2 amide bonds. The molecule has 0 saturated carbocycles. The van der Waals surface area contributed by atoms with Gasteiger partial charge in [0.05, 0.1) is 11.4 Å². The Labute approximate surface area is 195 Å². The largest absolute Gasteiger partial charge is 0.366 e. The highest BCUT2D eigenvalue weighted by atomic mass is 35.5. The highest BCUT2D eigenvalue weighted by Gasteiger charge is 2.27. The lowest BCUT2D eigenvalue weighted by Crippen LogP contribution is -2.37. The maximum atomic E-state index is 13.3. The maximum Gasteiger partial charge on any atom is 0.248 e. The van der Waals surface area contributed by atoms with Gasteiger partial charge in [-0.05, 0) is 60.2 Å². The van der Waals surface area contributed by atoms with Gasteiger partial charge in [-0.3, -0.25) is 9.59 Å². The molecular formula is C22H19Cl2N3O4S. The van der Waals surface area contributed by atoms with Crippen LogP contribution in [0.25, 0.3) is 0 Å². The van der Waals surface area contributed by atoms with Gasteiger partial charge in [0.1, 0.15) is 0 Å². The molecule has 0 aliphatic rings. The summed E-state index contributed by atoms with van der Waals surface area (Å²) in [6.45, 7) is -0.577. The molecule has 0 radical (unpaired) electrons. The van der Waals surface area contributed by atoms with E-state index in [9.17, 15) is 18.0 Å². The molecule has 7 nitrogen and oxygen atoms in total. The number of nitrogens with one attached hydrogen (secondary N) is 1. The number of benzene rings is 3. The van der Waals surface area contributed by atoms with Crippen LogP contribution in [0.1, 0.15) is 15.9 Å². The quantitative estimate of drug-likeness (QED) is 0.497. The molecule has 0 aliphatic heterocycles. The SMILES string of the molecule is NC(=O)c1ccc(NC(=O)CN(Cc2ccccc2Cl)S(=O)(=O)c2ccc(Cl)cc2)cc1. The zero-order valence-corrected chi connectivity index (χ0v) is 19.0. The summed E-state index contributed by atoms with van der Waals surface area (Å²) in [7, 11) is -4.04. The molecule has 0 fully saturated rings. The van der Waals surface area contributed by atoms with E-state index in [1.807, 2.05) is 0 Å². The van der Waals surface area contributed by atoms with E-state index in [0.29, 0.717) is 21.3 Å². The number of nitrogens with zero attached hydrogens (tertiary/aromatic N) is 1. The van der Waals surface area contributed by atoms with Crippen molar-refractivity contribution < 1.29 is 18.0 Å². The van der Waals surface area contributed by atoms with Gasteiger partial charge in [0, 0.05) is 27.8 Å². The molecule has 3 aromatic carbocycles. The van der Waals surface area contributed by atoms with Crippen LogP contribution in [-0.4, -0.2) is 31.1 Å². The fourth-order valence-electron chi connectivity index (χ4n) is 2.88. The minimum absolute atomic E-state index is 0.00688. The lowest BCUT2D eigenvalue weighted by Gasteiger charge is -2.22. The second kappa shape index (κ2) is 10.1. The van der Waals surface area contributed by atoms with E-state index in [-0.39, 0.29) is 17.0 Å². The summed E-state index contributed by atoms with van der Waals surface area (Å²) >= 11 is 12.1. The lowest BCUT2D eigenvalue weighted by molar-refractivity contribution is -0.116. The van der Waals surface area contributed by atoms with Crippen molar-refractivity contribution in [2.24, 2.45) is 5.73 Å². The van der Waals surface area contributed by atoms with Crippen molar-refractivity contribution in [3.05, 3.63) is 94.0 Å². The summed E-state index contributed by atoms with van der Waals surface area (Å²) in [5.74, 6) is -1.16. The molecule has 0 unspecified atom stereocenters. The fourth-order valence-corrected chi connectivity index (χ4v) is 4.57. The Bertz CT molecular complexity index is 1230. The molecule has 32 heavy (non-hydrogen) atoms. The topological polar surface area (TPSA) is 110 Å². The number of anilines is 1. The van der Waals surface area contributed by atoms with Gasteiger partial charge >= 0.3 is 0 Å². The molecule has 0 aromatic heterocycles. The first-order chi connectivity index (χ1) is 15.2. The number of hydrogen-bond donors (Lipinski definition) is 2. The van der Waals surface area contributed by atoms with Gasteiger partial charge < -0.3 is 11.1 Å². The van der Waals surface area contributed by atoms with Crippen molar-refractivity contribution in [2.75, 3.05) is 11.9 Å². The summed E-state index contributed by atoms with van der Waals surface area (Å²) in [5.41, 5.74) is 6.43. The Balaban J connectivity index is 1.86. The van der Waals surface area contributed by atoms with Crippen LogP contribution in [0.5, 0.6) is 0 Å². The van der Waals surface area contributed by atoms with Crippen LogP contribution in [0, 0.1) is 0 Å². The third kappa shape index (κ3) is 5.86. The number of halogens is 2. The average molecular weight is 492 g/mol. The fraction of sp³-hybridized carbons (Fsp3) is 0.0909. The zero-order chi connectivity index (χ0) is 23.3. The van der Waals surface area contributed by atoms with Crippen LogP contribution in [0.3, 0.4) is 0 Å². The summed E-state index contributed by atoms with van der Waals surface area (Å²) in [6, 6.07) is 18.4. The van der Waals surface area contributed by atoms with Gasteiger partial charge in [-0.15, -0.1) is 0 Å². The van der Waals surface area contributed by atoms with Crippen molar-refractivity contribution in [3.63, 3.8) is 0 Å². The first kappa shape index (κ1) is 23.7. The van der Waals surface area contributed by atoms with E-state index in [4.69, 9.17) is 28.9 Å². The molecule has 166 valence electrons. The molecule has 10 heteroatoms. The van der Waals surface area contributed by atoms with E-state index in [0.717, 1.165) is 4.31 Å². The number of hydrogen-bond acceptors (Lipinski definition) is 4. The predicted molar refractivity (Wildman–Crippen MR) is 124 cm³/mol. The van der Waals surface area contributed by atoms with E-state index < -0.39 is 28.4 Å². The molecule has 3 rings (SSSR count). The highest BCUT2D eigenvalue weighted by Crippen LogP contribution is 2.23. The molecule has 0 spiro atoms. The zero-order valence-electron chi connectivity index (χ0n) is 16.7. The first-order valence-electron chi connectivity index (χ1n) is 9.35. The van der Waals surface area contributed by atoms with E-state index in [2.05, 4.69) is 5.32 Å². The minimum Gasteiger partial charge on any atom is -0.366 e. The van der Waals surface area contributed by atoms with Crippen molar-refractivity contribution in [1.82, 2.24) is 4.31 Å². The Morgan fingerprint density at radius 1 is 0.906 bits per heavy atom. The lowest BCUT2D eigenvalue weighted by atomic mass is 10.2. The minimum atomic E-state index is -4.04. The second-order valence-electron chi connectivity index (χ2n) is 6.81. The molecule has 3 N–H and O–H groups in total. The van der Waals surface area contributed by atoms with Gasteiger partial charge in [-0.2, -0.15) is 4.31 Å². The summed E-state index contributed by atoms with van der Waals surface area (Å²) < 4.78 is 27.6. The van der Waals surface area contributed by atoms with E-state index >= 15 is 0 Å². The van der Waals surface area contributed by atoms with Gasteiger partial charge in [-0.1, -0.05) is 41.4 Å². The monoisotopic (exact) mass is 491 g/mol. The molecule has 0 saturated heterocycles. The standard InChI is InChI=1S/C22H19Cl2N3O4S/c23-17-7-11-19(12-8-17)32(30,31)27(13-16-3-1-2-4-20(16)24)14-21(28)26-18-9-5-15(6-10-18)22(25)29/h1-12H,13-14H2,(H2,25,29)(H,26,28). The van der Waals surface area contributed by atoms with Crippen LogP contribution in [0.2, 0.25) is 10.0 Å². The van der Waals surface area contributed by atoms with Crippen molar-refractivity contribution >= 4 is 50.7 Å². The van der Waals surface area contributed by atoms with E-state index in [1.54, 1.807) is 24.3 Å². The van der Waals surface area contributed by atoms with Crippen molar-refractivity contribution in [1.29, 1.82) is 0 Å². The van der Waals surface area contributed by atoms with Gasteiger partial charge in [0.2, 0.25) is 21.8 Å². The third-order valence-electron chi connectivity index (χ3n) is 4.53. The molecule has 0 heterocycles. The molecular weight excluding hydrogens is 473 g/mol. The first-order valence-corrected chi connectivity index (χ1v) is 11.6. The van der Waals surface area contributed by atoms with Crippen LogP contribution < -0.4 is 11.1 Å². The number of carbonyl (C=O) groups excluding carboxylic acids is 2. The van der Waals surface area contributed by atoms with Gasteiger partial charge in [0.15, 0.2) is 0 Å². The molecule has 0 atom stereocenters. The second-order valence-corrected chi connectivity index (χ2v) is 9.59. The number of rotatable bonds is 8. The smallest absolute Gasteiger partial charge is 0.248 e. The summed E-state index contributed by atoms with van der Waals surface area (Å²) in [6.07, 6.45) is 0. The molecule has 3 aromatic rings. The number of amides is 2. The molecule has 0 aliphatic carbocycles. The highest BCUT2D eigenvalue weighted by molar-refractivity contribution is 7.89. The summed E-state index contributed by atoms with van der Waals surface area (Å²) in [4.78, 5) is 23.9. The summed E-state index contributed by atoms with van der Waals surface area (Å²) in [5, 5.41) is 3.39. The Morgan fingerprint density at radius 2 is 1.53 bits per heavy atom.